The maximum Gasteiger partial charge on any atom is -0.00175 e. The zero-order valence-electron chi connectivity index (χ0n) is 13.0. The van der Waals surface area contributed by atoms with Crippen LogP contribution in [0.15, 0.2) is 78.9 Å². The highest BCUT2D eigenvalue weighted by atomic mass is 14.3. The highest BCUT2D eigenvalue weighted by Crippen LogP contribution is 2.50. The zero-order valence-corrected chi connectivity index (χ0v) is 13.0. The van der Waals surface area contributed by atoms with E-state index in [9.17, 15) is 0 Å². The number of hydrogen-bond acceptors (Lipinski definition) is 0. The van der Waals surface area contributed by atoms with Crippen LogP contribution in [0.3, 0.4) is 0 Å². The first kappa shape index (κ1) is 12.7. The van der Waals surface area contributed by atoms with Crippen molar-refractivity contribution >= 4 is 10.8 Å². The van der Waals surface area contributed by atoms with Crippen LogP contribution < -0.4 is 0 Å². The van der Waals surface area contributed by atoms with Crippen LogP contribution in [0.1, 0.15) is 5.56 Å². The summed E-state index contributed by atoms with van der Waals surface area (Å²) in [5.41, 5.74) is 9.48. The lowest BCUT2D eigenvalue weighted by Gasteiger charge is -2.12. The summed E-state index contributed by atoms with van der Waals surface area (Å²) in [5.74, 6) is 0. The van der Waals surface area contributed by atoms with E-state index in [4.69, 9.17) is 0 Å². The lowest BCUT2D eigenvalue weighted by molar-refractivity contribution is 1.50. The molecule has 4 aromatic rings. The Bertz CT molecular complexity index is 1060. The molecule has 0 atom stereocenters. The summed E-state index contributed by atoms with van der Waals surface area (Å²) in [4.78, 5) is 0. The van der Waals surface area contributed by atoms with E-state index in [1.165, 1.54) is 49.7 Å². The average Bonchev–Trinajstić information content (AvgIpc) is 2.95. The first-order valence-corrected chi connectivity index (χ1v) is 8.06. The van der Waals surface area contributed by atoms with Crippen molar-refractivity contribution in [1.82, 2.24) is 0 Å². The van der Waals surface area contributed by atoms with E-state index in [0.717, 1.165) is 0 Å². The molecule has 5 rings (SSSR count). The van der Waals surface area contributed by atoms with Crippen LogP contribution in [-0.2, 0) is 0 Å². The Morgan fingerprint density at radius 3 is 2.09 bits per heavy atom. The zero-order chi connectivity index (χ0) is 15.4. The van der Waals surface area contributed by atoms with Crippen LogP contribution in [0.25, 0.3) is 44.2 Å². The third-order valence-electron chi connectivity index (χ3n) is 4.93. The standard InChI is InChI=1S/C23H16/c1-15-14-21(16-8-3-2-4-9-16)20-13-7-12-19-17-10-5-6-11-18(17)22(15)23(19)20/h2-14H,1H3. The lowest BCUT2D eigenvalue weighted by atomic mass is 9.91. The molecule has 0 unspecified atom stereocenters. The molecule has 0 saturated carbocycles. The van der Waals surface area contributed by atoms with Gasteiger partial charge in [0.2, 0.25) is 0 Å². The molecular weight excluding hydrogens is 276 g/mol. The van der Waals surface area contributed by atoms with Gasteiger partial charge in [0.25, 0.3) is 0 Å². The van der Waals surface area contributed by atoms with Gasteiger partial charge in [-0.1, -0.05) is 78.9 Å². The minimum absolute atomic E-state index is 1.29. The fraction of sp³-hybridized carbons (Fsp3) is 0.0435. The second-order valence-electron chi connectivity index (χ2n) is 6.26. The molecule has 0 saturated heterocycles. The second kappa shape index (κ2) is 4.57. The number of rotatable bonds is 1. The second-order valence-corrected chi connectivity index (χ2v) is 6.26. The Balaban J connectivity index is 1.96. The first-order valence-electron chi connectivity index (χ1n) is 8.06. The number of hydrogen-bond donors (Lipinski definition) is 0. The molecule has 0 bridgehead atoms. The van der Waals surface area contributed by atoms with Gasteiger partial charge >= 0.3 is 0 Å². The molecule has 108 valence electrons. The Kier molecular flexibility index (Phi) is 2.51. The first-order chi connectivity index (χ1) is 11.3. The highest BCUT2D eigenvalue weighted by Gasteiger charge is 2.23. The molecule has 0 aliphatic heterocycles. The molecule has 0 nitrogen and oxygen atoms in total. The fourth-order valence-electron chi connectivity index (χ4n) is 3.97. The van der Waals surface area contributed by atoms with Gasteiger partial charge in [-0.2, -0.15) is 0 Å². The molecule has 23 heavy (non-hydrogen) atoms. The predicted octanol–water partition coefficient (Wildman–Crippen LogP) is 6.46. The number of aryl methyl sites for hydroxylation is 1. The molecule has 1 aliphatic rings. The van der Waals surface area contributed by atoms with E-state index < -0.39 is 0 Å². The van der Waals surface area contributed by atoms with Gasteiger partial charge < -0.3 is 0 Å². The molecule has 0 radical (unpaired) electrons. The maximum absolute atomic E-state index is 2.35. The summed E-state index contributed by atoms with van der Waals surface area (Å²) >= 11 is 0. The van der Waals surface area contributed by atoms with Crippen LogP contribution in [0, 0.1) is 6.92 Å². The molecule has 4 aromatic carbocycles. The molecular formula is C23H16. The van der Waals surface area contributed by atoms with E-state index in [0.29, 0.717) is 0 Å². The van der Waals surface area contributed by atoms with Gasteiger partial charge in [-0.25, -0.2) is 0 Å². The summed E-state index contributed by atoms with van der Waals surface area (Å²) in [5, 5.41) is 2.76. The van der Waals surface area contributed by atoms with E-state index in [1.54, 1.807) is 0 Å². The third kappa shape index (κ3) is 1.66. The van der Waals surface area contributed by atoms with E-state index in [1.807, 2.05) is 0 Å². The Labute approximate surface area is 136 Å². The third-order valence-corrected chi connectivity index (χ3v) is 4.93. The molecule has 0 heterocycles. The van der Waals surface area contributed by atoms with Crippen LogP contribution in [-0.4, -0.2) is 0 Å². The molecule has 0 fully saturated rings. The van der Waals surface area contributed by atoms with Gasteiger partial charge in [0.15, 0.2) is 0 Å². The smallest absolute Gasteiger partial charge is 0.00175 e. The quantitative estimate of drug-likeness (QED) is 0.332. The Morgan fingerprint density at radius 2 is 1.26 bits per heavy atom. The van der Waals surface area contributed by atoms with Crippen LogP contribution in [0.2, 0.25) is 0 Å². The normalized spacial score (nSPS) is 11.7. The fourth-order valence-corrected chi connectivity index (χ4v) is 3.97. The minimum atomic E-state index is 1.29. The molecule has 0 aromatic heterocycles. The van der Waals surface area contributed by atoms with Crippen molar-refractivity contribution in [3.63, 3.8) is 0 Å². The Morgan fingerprint density at radius 1 is 0.565 bits per heavy atom. The summed E-state index contributed by atoms with van der Waals surface area (Å²) < 4.78 is 0. The van der Waals surface area contributed by atoms with Gasteiger partial charge in [-0.15, -0.1) is 0 Å². The van der Waals surface area contributed by atoms with Crippen LogP contribution in [0.4, 0.5) is 0 Å². The Hall–Kier alpha value is -2.86. The average molecular weight is 292 g/mol. The number of fused-ring (bicyclic) bond motifs is 3. The SMILES string of the molecule is Cc1cc(-c2ccccc2)c2cccc3c2c1-c1ccccc1-3. The molecule has 0 spiro atoms. The van der Waals surface area contributed by atoms with Crippen molar-refractivity contribution in [2.75, 3.05) is 0 Å². The van der Waals surface area contributed by atoms with Crippen LogP contribution >= 0.6 is 0 Å². The van der Waals surface area contributed by atoms with Crippen molar-refractivity contribution in [2.24, 2.45) is 0 Å². The molecule has 0 N–H and O–H groups in total. The highest BCUT2D eigenvalue weighted by molar-refractivity contribution is 6.19. The van der Waals surface area contributed by atoms with Gasteiger partial charge in [0.1, 0.15) is 0 Å². The molecule has 1 aliphatic carbocycles. The van der Waals surface area contributed by atoms with Crippen LogP contribution in [0.5, 0.6) is 0 Å². The minimum Gasteiger partial charge on any atom is -0.0622 e. The van der Waals surface area contributed by atoms with Crippen molar-refractivity contribution < 1.29 is 0 Å². The number of benzene rings is 4. The predicted molar refractivity (Wildman–Crippen MR) is 98.6 cm³/mol. The topological polar surface area (TPSA) is 0 Å². The van der Waals surface area contributed by atoms with Gasteiger partial charge in [-0.05, 0) is 56.6 Å². The monoisotopic (exact) mass is 292 g/mol. The summed E-state index contributed by atoms with van der Waals surface area (Å²) in [6.07, 6.45) is 0. The van der Waals surface area contributed by atoms with E-state index in [2.05, 4.69) is 85.8 Å². The van der Waals surface area contributed by atoms with Crippen molar-refractivity contribution in [2.45, 2.75) is 6.92 Å². The largest absolute Gasteiger partial charge is 0.0622 e. The summed E-state index contributed by atoms with van der Waals surface area (Å²) in [6.45, 7) is 2.24. The maximum atomic E-state index is 2.35. The van der Waals surface area contributed by atoms with Gasteiger partial charge in [-0.3, -0.25) is 0 Å². The van der Waals surface area contributed by atoms with E-state index >= 15 is 0 Å². The van der Waals surface area contributed by atoms with E-state index in [-0.39, 0.29) is 0 Å². The van der Waals surface area contributed by atoms with Crippen molar-refractivity contribution in [3.05, 3.63) is 84.4 Å². The summed E-state index contributed by atoms with van der Waals surface area (Å²) in [6, 6.07) is 28.5. The van der Waals surface area contributed by atoms with Gasteiger partial charge in [0, 0.05) is 0 Å². The van der Waals surface area contributed by atoms with Crippen molar-refractivity contribution in [1.29, 1.82) is 0 Å². The summed E-state index contributed by atoms with van der Waals surface area (Å²) in [7, 11) is 0. The molecule has 0 heteroatoms. The lowest BCUT2D eigenvalue weighted by Crippen LogP contribution is -1.87. The van der Waals surface area contributed by atoms with Gasteiger partial charge in [0.05, 0.1) is 0 Å². The molecule has 0 amide bonds. The van der Waals surface area contributed by atoms with Crippen molar-refractivity contribution in [3.8, 4) is 33.4 Å².